The molecule has 1 heterocycles. The van der Waals surface area contributed by atoms with Crippen molar-refractivity contribution in [2.24, 2.45) is 7.05 Å². The number of aryl methyl sites for hydroxylation is 1. The summed E-state index contributed by atoms with van der Waals surface area (Å²) >= 11 is 11.9. The van der Waals surface area contributed by atoms with Crippen molar-refractivity contribution in [2.45, 2.75) is 12.6 Å². The molecule has 0 aliphatic rings. The third-order valence-electron chi connectivity index (χ3n) is 3.08. The van der Waals surface area contributed by atoms with E-state index in [0.29, 0.717) is 16.6 Å². The average molecular weight is 364 g/mol. The molecule has 2 N–H and O–H groups in total. The maximum Gasteiger partial charge on any atom is 0.242 e. The number of halogens is 3. The summed E-state index contributed by atoms with van der Waals surface area (Å²) in [6, 6.07) is 4.74. The minimum absolute atomic E-state index is 0. The van der Waals surface area contributed by atoms with Crippen LogP contribution in [0.5, 0.6) is 0 Å². The van der Waals surface area contributed by atoms with Crippen LogP contribution < -0.4 is 10.6 Å². The molecule has 0 saturated heterocycles. The van der Waals surface area contributed by atoms with E-state index in [2.05, 4.69) is 15.7 Å². The molecule has 1 aromatic carbocycles. The summed E-state index contributed by atoms with van der Waals surface area (Å²) in [5, 5.41) is 11.0. The fourth-order valence-electron chi connectivity index (χ4n) is 1.99. The second-order valence-electron chi connectivity index (χ2n) is 4.62. The number of nitrogens with zero attached hydrogens (tertiary/aromatic N) is 2. The molecule has 5 nitrogen and oxygen atoms in total. The van der Waals surface area contributed by atoms with Crippen LogP contribution in [0.3, 0.4) is 0 Å². The number of carbonyl (C=O) groups excluding carboxylic acids is 1. The smallest absolute Gasteiger partial charge is 0.242 e. The maximum absolute atomic E-state index is 12.3. The molecule has 0 radical (unpaired) electrons. The highest BCUT2D eigenvalue weighted by molar-refractivity contribution is 6.35. The molecule has 8 heteroatoms. The Balaban J connectivity index is 0.00000242. The zero-order valence-corrected chi connectivity index (χ0v) is 14.5. The first kappa shape index (κ1) is 18.8. The Bertz CT molecular complexity index is 645. The normalized spacial score (nSPS) is 11.6. The molecule has 0 bridgehead atoms. The van der Waals surface area contributed by atoms with Gasteiger partial charge in [-0.25, -0.2) is 0 Å². The number of aromatic nitrogens is 2. The standard InChI is InChI=1S/C14H16Cl2N4O.ClH/c1-17-13(10-7-19-20(2)8-10)14(21)18-6-9-3-4-11(15)5-12(9)16;/h3-5,7-8,13,17H,6H2,1-2H3,(H,18,21);1H. The van der Waals surface area contributed by atoms with Gasteiger partial charge in [0.25, 0.3) is 0 Å². The van der Waals surface area contributed by atoms with Gasteiger partial charge in [0.1, 0.15) is 6.04 Å². The van der Waals surface area contributed by atoms with Crippen LogP contribution in [0.25, 0.3) is 0 Å². The summed E-state index contributed by atoms with van der Waals surface area (Å²) in [6.45, 7) is 0.341. The van der Waals surface area contributed by atoms with Crippen LogP contribution in [0.1, 0.15) is 17.2 Å². The van der Waals surface area contributed by atoms with Crippen molar-refractivity contribution in [3.05, 3.63) is 51.8 Å². The lowest BCUT2D eigenvalue weighted by atomic mass is 10.1. The molecule has 0 aliphatic carbocycles. The molecule has 1 unspecified atom stereocenters. The van der Waals surface area contributed by atoms with Crippen LogP contribution in [-0.4, -0.2) is 22.7 Å². The van der Waals surface area contributed by atoms with Crippen LogP contribution in [0.2, 0.25) is 10.0 Å². The number of benzene rings is 1. The van der Waals surface area contributed by atoms with E-state index < -0.39 is 6.04 Å². The van der Waals surface area contributed by atoms with Crippen molar-refractivity contribution in [3.8, 4) is 0 Å². The number of hydrogen-bond donors (Lipinski definition) is 2. The largest absolute Gasteiger partial charge is 0.350 e. The number of amides is 1. The summed E-state index contributed by atoms with van der Waals surface area (Å²) in [5.41, 5.74) is 1.62. The minimum atomic E-state index is -0.454. The van der Waals surface area contributed by atoms with Gasteiger partial charge in [-0.3, -0.25) is 9.48 Å². The molecule has 1 atom stereocenters. The topological polar surface area (TPSA) is 59.0 Å². The number of carbonyl (C=O) groups is 1. The number of nitrogens with one attached hydrogen (secondary N) is 2. The molecule has 2 rings (SSSR count). The predicted molar refractivity (Wildman–Crippen MR) is 90.6 cm³/mol. The second-order valence-corrected chi connectivity index (χ2v) is 5.47. The molecule has 1 amide bonds. The summed E-state index contributed by atoms with van der Waals surface area (Å²) in [7, 11) is 3.54. The van der Waals surface area contributed by atoms with Gasteiger partial charge in [0, 0.05) is 35.4 Å². The van der Waals surface area contributed by atoms with Gasteiger partial charge in [0.2, 0.25) is 5.91 Å². The van der Waals surface area contributed by atoms with Gasteiger partial charge in [-0.2, -0.15) is 5.10 Å². The van der Waals surface area contributed by atoms with Crippen molar-refractivity contribution in [1.29, 1.82) is 0 Å². The van der Waals surface area contributed by atoms with Crippen LogP contribution in [0, 0.1) is 0 Å². The van der Waals surface area contributed by atoms with Crippen molar-refractivity contribution in [1.82, 2.24) is 20.4 Å². The zero-order valence-electron chi connectivity index (χ0n) is 12.1. The first-order chi connectivity index (χ1) is 10.0. The zero-order chi connectivity index (χ0) is 15.4. The fraction of sp³-hybridized carbons (Fsp3) is 0.286. The van der Waals surface area contributed by atoms with Crippen LogP contribution in [-0.2, 0) is 18.4 Å². The number of hydrogen-bond acceptors (Lipinski definition) is 3. The summed E-state index contributed by atoms with van der Waals surface area (Å²) in [4.78, 5) is 12.3. The van der Waals surface area contributed by atoms with Gasteiger partial charge < -0.3 is 10.6 Å². The number of likely N-dealkylation sites (N-methyl/N-ethyl adjacent to an activating group) is 1. The van der Waals surface area contributed by atoms with E-state index in [0.717, 1.165) is 11.1 Å². The van der Waals surface area contributed by atoms with Crippen molar-refractivity contribution < 1.29 is 4.79 Å². The Morgan fingerprint density at radius 3 is 2.68 bits per heavy atom. The number of rotatable bonds is 5. The third kappa shape index (κ3) is 4.61. The molecule has 22 heavy (non-hydrogen) atoms. The van der Waals surface area contributed by atoms with Gasteiger partial charge in [-0.15, -0.1) is 12.4 Å². The predicted octanol–water partition coefficient (Wildman–Crippen LogP) is 2.73. The highest BCUT2D eigenvalue weighted by atomic mass is 35.5. The van der Waals surface area contributed by atoms with E-state index in [9.17, 15) is 4.79 Å². The SMILES string of the molecule is CNC(C(=O)NCc1ccc(Cl)cc1Cl)c1cnn(C)c1.Cl. The summed E-state index contributed by atoms with van der Waals surface area (Å²) in [6.07, 6.45) is 3.46. The van der Waals surface area contributed by atoms with Crippen LogP contribution >= 0.6 is 35.6 Å². The summed E-state index contributed by atoms with van der Waals surface area (Å²) in [5.74, 6) is -0.142. The highest BCUT2D eigenvalue weighted by Crippen LogP contribution is 2.21. The lowest BCUT2D eigenvalue weighted by Gasteiger charge is -2.15. The minimum Gasteiger partial charge on any atom is -0.350 e. The van der Waals surface area contributed by atoms with E-state index in [1.807, 2.05) is 7.05 Å². The maximum atomic E-state index is 12.3. The van der Waals surface area contributed by atoms with Crippen molar-refractivity contribution in [2.75, 3.05) is 7.05 Å². The Hall–Kier alpha value is -1.27. The van der Waals surface area contributed by atoms with Gasteiger partial charge in [0.15, 0.2) is 0 Å². The molecular weight excluding hydrogens is 347 g/mol. The van der Waals surface area contributed by atoms with Gasteiger partial charge in [0.05, 0.1) is 6.20 Å². The average Bonchev–Trinajstić information content (AvgIpc) is 2.85. The molecule has 0 fully saturated rings. The van der Waals surface area contributed by atoms with Gasteiger partial charge in [-0.1, -0.05) is 29.3 Å². The Kier molecular flexibility index (Phi) is 7.16. The Labute approximate surface area is 145 Å². The molecule has 0 spiro atoms. The lowest BCUT2D eigenvalue weighted by molar-refractivity contribution is -0.123. The van der Waals surface area contributed by atoms with Crippen molar-refractivity contribution in [3.63, 3.8) is 0 Å². The first-order valence-electron chi connectivity index (χ1n) is 6.38. The Morgan fingerprint density at radius 2 is 2.14 bits per heavy atom. The molecule has 2 aromatic rings. The highest BCUT2D eigenvalue weighted by Gasteiger charge is 2.19. The van der Waals surface area contributed by atoms with E-state index in [1.165, 1.54) is 0 Å². The van der Waals surface area contributed by atoms with Crippen LogP contribution in [0.4, 0.5) is 0 Å². The molecule has 1 aromatic heterocycles. The molecule has 0 aliphatic heterocycles. The van der Waals surface area contributed by atoms with E-state index in [1.54, 1.807) is 42.3 Å². The van der Waals surface area contributed by atoms with E-state index in [-0.39, 0.29) is 18.3 Å². The van der Waals surface area contributed by atoms with E-state index in [4.69, 9.17) is 23.2 Å². The molecular formula is C14H17Cl3N4O. The fourth-order valence-corrected chi connectivity index (χ4v) is 2.46. The van der Waals surface area contributed by atoms with Gasteiger partial charge in [-0.05, 0) is 24.7 Å². The van der Waals surface area contributed by atoms with Crippen molar-refractivity contribution >= 4 is 41.5 Å². The van der Waals surface area contributed by atoms with E-state index >= 15 is 0 Å². The van der Waals surface area contributed by atoms with Crippen LogP contribution in [0.15, 0.2) is 30.6 Å². The second kappa shape index (κ2) is 8.39. The molecule has 120 valence electrons. The molecule has 0 saturated carbocycles. The first-order valence-corrected chi connectivity index (χ1v) is 7.14. The Morgan fingerprint density at radius 1 is 1.41 bits per heavy atom. The van der Waals surface area contributed by atoms with Gasteiger partial charge >= 0.3 is 0 Å². The monoisotopic (exact) mass is 362 g/mol. The lowest BCUT2D eigenvalue weighted by Crippen LogP contribution is -2.35. The quantitative estimate of drug-likeness (QED) is 0.859. The third-order valence-corrected chi connectivity index (χ3v) is 3.66. The summed E-state index contributed by atoms with van der Waals surface area (Å²) < 4.78 is 1.66.